The van der Waals surface area contributed by atoms with E-state index in [1.165, 1.54) is 11.6 Å². The Bertz CT molecular complexity index is 1380. The minimum absolute atomic E-state index is 0.0897. The average Bonchev–Trinajstić information content (AvgIpc) is 2.82. The van der Waals surface area contributed by atoms with Gasteiger partial charge in [0.25, 0.3) is 0 Å². The maximum atomic E-state index is 15.1. The summed E-state index contributed by atoms with van der Waals surface area (Å²) in [6.45, 7) is 2.01. The minimum Gasteiger partial charge on any atom is -0.206 e. The number of hydrogen-bond donors (Lipinski definition) is 0. The number of rotatable bonds is 4. The number of aryl methyl sites for hydroxylation is 1. The Kier molecular flexibility index (Phi) is 6.87. The van der Waals surface area contributed by atoms with Crippen molar-refractivity contribution in [3.63, 3.8) is 0 Å². The van der Waals surface area contributed by atoms with Gasteiger partial charge in [-0.25, -0.2) is 13.2 Å². The molecule has 0 unspecified atom stereocenters. The van der Waals surface area contributed by atoms with E-state index in [0.717, 1.165) is 36.1 Å². The average molecular weight is 461 g/mol. The van der Waals surface area contributed by atoms with Crippen LogP contribution in [0.4, 0.5) is 13.2 Å². The Morgan fingerprint density at radius 1 is 0.818 bits per heavy atom. The van der Waals surface area contributed by atoms with Crippen molar-refractivity contribution >= 4 is 22.4 Å². The van der Waals surface area contributed by atoms with E-state index < -0.39 is 22.5 Å². The van der Waals surface area contributed by atoms with Gasteiger partial charge < -0.3 is 0 Å². The lowest BCUT2D eigenvalue weighted by Crippen LogP contribution is -1.91. The van der Waals surface area contributed by atoms with Crippen molar-refractivity contribution in [3.8, 4) is 23.0 Å². The predicted octanol–water partition coefficient (Wildman–Crippen LogP) is 8.49. The number of fused-ring (bicyclic) bond motifs is 1. The summed E-state index contributed by atoms with van der Waals surface area (Å²) in [5, 5.41) is 0.392. The highest BCUT2D eigenvalue weighted by molar-refractivity contribution is 6.31. The van der Waals surface area contributed by atoms with E-state index in [2.05, 4.69) is 30.0 Å². The van der Waals surface area contributed by atoms with Crippen LogP contribution >= 0.6 is 11.6 Å². The summed E-state index contributed by atoms with van der Waals surface area (Å²) in [6, 6.07) is 18.6. The fourth-order valence-corrected chi connectivity index (χ4v) is 3.73. The SMILES string of the molecule is C/C=C/CCc1ccc(C#Cc2ccc3c(F)c(-c4cc(F)c(Cl)c(F)c4)ccc3c2)cc1. The van der Waals surface area contributed by atoms with Crippen molar-refractivity contribution in [2.45, 2.75) is 19.8 Å². The normalized spacial score (nSPS) is 11.1. The van der Waals surface area contributed by atoms with Gasteiger partial charge in [0.1, 0.15) is 22.5 Å². The quantitative estimate of drug-likeness (QED) is 0.163. The third-order valence-corrected chi connectivity index (χ3v) is 5.75. The van der Waals surface area contributed by atoms with E-state index in [0.29, 0.717) is 10.8 Å². The summed E-state index contributed by atoms with van der Waals surface area (Å²) in [5.41, 5.74) is 3.10. The van der Waals surface area contributed by atoms with E-state index in [-0.39, 0.29) is 11.1 Å². The van der Waals surface area contributed by atoms with E-state index >= 15 is 4.39 Å². The summed E-state index contributed by atoms with van der Waals surface area (Å²) in [4.78, 5) is 0. The molecular weight excluding hydrogens is 441 g/mol. The van der Waals surface area contributed by atoms with Gasteiger partial charge in [0, 0.05) is 22.1 Å². The Morgan fingerprint density at radius 3 is 2.18 bits per heavy atom. The second-order valence-electron chi connectivity index (χ2n) is 7.67. The molecule has 4 aromatic rings. The molecule has 0 fully saturated rings. The molecule has 0 radical (unpaired) electrons. The number of hydrogen-bond acceptors (Lipinski definition) is 0. The zero-order chi connectivity index (χ0) is 23.4. The molecule has 0 aromatic heterocycles. The maximum absolute atomic E-state index is 15.1. The third-order valence-electron chi connectivity index (χ3n) is 5.39. The molecule has 4 heteroatoms. The fourth-order valence-electron chi connectivity index (χ4n) is 3.62. The molecule has 0 atom stereocenters. The first kappa shape index (κ1) is 22.7. The molecule has 33 heavy (non-hydrogen) atoms. The Morgan fingerprint density at radius 2 is 1.48 bits per heavy atom. The third kappa shape index (κ3) is 5.13. The lowest BCUT2D eigenvalue weighted by molar-refractivity contribution is 0.584. The molecule has 0 saturated heterocycles. The standard InChI is InChI=1S/C29H20ClF3/c1-2-3-4-5-19-6-8-20(9-7-19)10-11-21-12-14-24-22(16-21)13-15-25(29(24)33)23-17-26(31)28(30)27(32)18-23/h2-3,6-9,12-18H,4-5H2,1H3/b3-2+. The Balaban J connectivity index is 1.59. The first-order valence-corrected chi connectivity index (χ1v) is 10.9. The van der Waals surface area contributed by atoms with Gasteiger partial charge in [0.2, 0.25) is 0 Å². The molecule has 0 saturated carbocycles. The Hall–Kier alpha value is -3.48. The van der Waals surface area contributed by atoms with Gasteiger partial charge >= 0.3 is 0 Å². The smallest absolute Gasteiger partial charge is 0.145 e. The van der Waals surface area contributed by atoms with Crippen molar-refractivity contribution in [1.82, 2.24) is 0 Å². The molecule has 0 bridgehead atoms. The van der Waals surface area contributed by atoms with Crippen molar-refractivity contribution in [3.05, 3.63) is 118 Å². The second kappa shape index (κ2) is 9.98. The lowest BCUT2D eigenvalue weighted by atomic mass is 9.98. The van der Waals surface area contributed by atoms with Crippen LogP contribution in [0.3, 0.4) is 0 Å². The van der Waals surface area contributed by atoms with Crippen molar-refractivity contribution in [2.24, 2.45) is 0 Å². The van der Waals surface area contributed by atoms with Crippen LogP contribution in [0, 0.1) is 29.3 Å². The van der Waals surface area contributed by atoms with Gasteiger partial charge in [0.05, 0.1) is 0 Å². The molecule has 4 rings (SSSR count). The zero-order valence-electron chi connectivity index (χ0n) is 17.9. The second-order valence-corrected chi connectivity index (χ2v) is 8.05. The summed E-state index contributed by atoms with van der Waals surface area (Å²) < 4.78 is 42.8. The Labute approximate surface area is 196 Å². The monoisotopic (exact) mass is 460 g/mol. The zero-order valence-corrected chi connectivity index (χ0v) is 18.7. The van der Waals surface area contributed by atoms with Crippen LogP contribution in [0.5, 0.6) is 0 Å². The molecule has 0 amide bonds. The van der Waals surface area contributed by atoms with Crippen LogP contribution < -0.4 is 0 Å². The van der Waals surface area contributed by atoms with Crippen LogP contribution in [0.15, 0.2) is 78.9 Å². The highest BCUT2D eigenvalue weighted by atomic mass is 35.5. The van der Waals surface area contributed by atoms with Crippen LogP contribution in [-0.2, 0) is 6.42 Å². The summed E-state index contributed by atoms with van der Waals surface area (Å²) in [6.07, 6.45) is 6.20. The maximum Gasteiger partial charge on any atom is 0.145 e. The first-order chi connectivity index (χ1) is 16.0. The number of benzene rings is 4. The molecule has 0 spiro atoms. The van der Waals surface area contributed by atoms with E-state index in [9.17, 15) is 8.78 Å². The number of halogens is 4. The van der Waals surface area contributed by atoms with Crippen molar-refractivity contribution < 1.29 is 13.2 Å². The predicted molar refractivity (Wildman–Crippen MR) is 130 cm³/mol. The molecule has 0 heterocycles. The molecule has 0 aliphatic rings. The highest BCUT2D eigenvalue weighted by Gasteiger charge is 2.14. The number of allylic oxidation sites excluding steroid dienone is 2. The van der Waals surface area contributed by atoms with E-state index in [4.69, 9.17) is 11.6 Å². The molecule has 0 aliphatic heterocycles. The van der Waals surface area contributed by atoms with Gasteiger partial charge in [-0.3, -0.25) is 0 Å². The van der Waals surface area contributed by atoms with E-state index in [1.807, 2.05) is 25.1 Å². The summed E-state index contributed by atoms with van der Waals surface area (Å²) in [5.74, 6) is 3.84. The molecule has 0 aliphatic carbocycles. The van der Waals surface area contributed by atoms with Crippen molar-refractivity contribution in [2.75, 3.05) is 0 Å². The molecule has 4 aromatic carbocycles. The lowest BCUT2D eigenvalue weighted by Gasteiger charge is -2.09. The molecular formula is C29H20ClF3. The topological polar surface area (TPSA) is 0 Å². The molecule has 0 N–H and O–H groups in total. The molecule has 164 valence electrons. The first-order valence-electron chi connectivity index (χ1n) is 10.6. The largest absolute Gasteiger partial charge is 0.206 e. The van der Waals surface area contributed by atoms with Crippen molar-refractivity contribution in [1.29, 1.82) is 0 Å². The van der Waals surface area contributed by atoms with Gasteiger partial charge in [0.15, 0.2) is 0 Å². The van der Waals surface area contributed by atoms with Crippen LogP contribution in [-0.4, -0.2) is 0 Å². The fraction of sp³-hybridized carbons (Fsp3) is 0.103. The van der Waals surface area contributed by atoms with Gasteiger partial charge in [-0.05, 0) is 72.7 Å². The van der Waals surface area contributed by atoms with Crippen LogP contribution in [0.2, 0.25) is 5.02 Å². The molecule has 0 nitrogen and oxygen atoms in total. The van der Waals surface area contributed by atoms with E-state index in [1.54, 1.807) is 24.3 Å². The summed E-state index contributed by atoms with van der Waals surface area (Å²) in [7, 11) is 0. The van der Waals surface area contributed by atoms with Gasteiger partial charge in [-0.15, -0.1) is 0 Å². The van der Waals surface area contributed by atoms with Gasteiger partial charge in [-0.1, -0.05) is 65.9 Å². The van der Waals surface area contributed by atoms with Crippen LogP contribution in [0.25, 0.3) is 21.9 Å². The highest BCUT2D eigenvalue weighted by Crippen LogP contribution is 2.32. The van der Waals surface area contributed by atoms with Crippen LogP contribution in [0.1, 0.15) is 30.0 Å². The minimum atomic E-state index is -0.928. The summed E-state index contributed by atoms with van der Waals surface area (Å²) >= 11 is 5.54. The van der Waals surface area contributed by atoms with Gasteiger partial charge in [-0.2, -0.15) is 0 Å².